The van der Waals surface area contributed by atoms with Gasteiger partial charge in [-0.2, -0.15) is 5.10 Å². The summed E-state index contributed by atoms with van der Waals surface area (Å²) < 4.78 is 11.1. The van der Waals surface area contributed by atoms with Crippen LogP contribution in [0.5, 0.6) is 11.5 Å². The highest BCUT2D eigenvalue weighted by Gasteiger charge is 2.28. The molecule has 2 aliphatic rings. The molecule has 2 aliphatic heterocycles. The first-order chi connectivity index (χ1) is 16.4. The number of anilines is 1. The first-order valence-corrected chi connectivity index (χ1v) is 11.8. The molecule has 1 unspecified atom stereocenters. The number of likely N-dealkylation sites (tertiary alicyclic amines) is 1. The quantitative estimate of drug-likeness (QED) is 0.706. The van der Waals surface area contributed by atoms with Gasteiger partial charge in [-0.3, -0.25) is 0 Å². The van der Waals surface area contributed by atoms with Crippen molar-refractivity contribution in [2.75, 3.05) is 46.7 Å². The molecule has 2 heterocycles. The van der Waals surface area contributed by atoms with Gasteiger partial charge in [0, 0.05) is 29.9 Å². The Hall–Kier alpha value is -3.26. The van der Waals surface area contributed by atoms with Crippen molar-refractivity contribution < 1.29 is 14.3 Å². The molecule has 182 valence electrons. The average Bonchev–Trinajstić information content (AvgIpc) is 2.99. The van der Waals surface area contributed by atoms with Crippen molar-refractivity contribution in [3.8, 4) is 11.5 Å². The largest absolute Gasteiger partial charge is 0.493 e. The fourth-order valence-corrected chi connectivity index (χ4v) is 4.69. The molecule has 1 saturated heterocycles. The Morgan fingerprint density at radius 2 is 1.79 bits per heavy atom. The normalized spacial score (nSPS) is 19.0. The minimum Gasteiger partial charge on any atom is -0.493 e. The molecule has 1 fully saturated rings. The molecule has 2 N–H and O–H groups in total. The lowest BCUT2D eigenvalue weighted by molar-refractivity contribution is 0.184. The van der Waals surface area contributed by atoms with Crippen LogP contribution in [0, 0.1) is 0 Å². The van der Waals surface area contributed by atoms with Gasteiger partial charge in [0.2, 0.25) is 0 Å². The SMILES string of the molecule is CNC(=O)N1N=C(c2cccc(NC3CCN(C)CC3)c2)c2cc(OC)c(OC)cc2CC1C. The van der Waals surface area contributed by atoms with Crippen LogP contribution in [0.4, 0.5) is 10.5 Å². The number of urea groups is 1. The number of hydrazone groups is 1. The maximum atomic E-state index is 12.7. The van der Waals surface area contributed by atoms with Crippen molar-refractivity contribution in [1.29, 1.82) is 0 Å². The molecule has 2 aromatic carbocycles. The molecule has 34 heavy (non-hydrogen) atoms. The first kappa shape index (κ1) is 23.9. The maximum absolute atomic E-state index is 12.7. The van der Waals surface area contributed by atoms with E-state index in [2.05, 4.69) is 34.7 Å². The topological polar surface area (TPSA) is 78.4 Å². The first-order valence-electron chi connectivity index (χ1n) is 11.8. The lowest BCUT2D eigenvalue weighted by Gasteiger charge is -2.30. The summed E-state index contributed by atoms with van der Waals surface area (Å²) in [4.78, 5) is 15.1. The van der Waals surface area contributed by atoms with Gasteiger partial charge in [0.05, 0.1) is 26.0 Å². The fraction of sp³-hybridized carbons (Fsp3) is 0.462. The van der Waals surface area contributed by atoms with Crippen LogP contribution in [0.3, 0.4) is 0 Å². The monoisotopic (exact) mass is 465 g/mol. The number of hydrogen-bond donors (Lipinski definition) is 2. The summed E-state index contributed by atoms with van der Waals surface area (Å²) in [7, 11) is 7.05. The number of carbonyl (C=O) groups excluding carboxylic acids is 1. The third-order valence-electron chi connectivity index (χ3n) is 6.65. The van der Waals surface area contributed by atoms with Gasteiger partial charge in [0.25, 0.3) is 0 Å². The van der Waals surface area contributed by atoms with Gasteiger partial charge in [-0.05, 0) is 76.2 Å². The number of carbonyl (C=O) groups is 1. The number of methoxy groups -OCH3 is 2. The lowest BCUT2D eigenvalue weighted by atomic mass is 9.93. The minimum atomic E-state index is -0.239. The fourth-order valence-electron chi connectivity index (χ4n) is 4.69. The van der Waals surface area contributed by atoms with Crippen molar-refractivity contribution in [2.45, 2.75) is 38.3 Å². The highest BCUT2D eigenvalue weighted by Crippen LogP contribution is 2.35. The molecule has 0 spiro atoms. The summed E-state index contributed by atoms with van der Waals surface area (Å²) in [6.45, 7) is 4.19. The second-order valence-electron chi connectivity index (χ2n) is 9.07. The molecule has 8 nitrogen and oxygen atoms in total. The summed E-state index contributed by atoms with van der Waals surface area (Å²) >= 11 is 0. The predicted octanol–water partition coefficient (Wildman–Crippen LogP) is 3.55. The van der Waals surface area contributed by atoms with Gasteiger partial charge in [-0.1, -0.05) is 12.1 Å². The van der Waals surface area contributed by atoms with E-state index in [-0.39, 0.29) is 12.1 Å². The van der Waals surface area contributed by atoms with Crippen LogP contribution in [-0.2, 0) is 6.42 Å². The highest BCUT2D eigenvalue weighted by atomic mass is 16.5. The third-order valence-corrected chi connectivity index (χ3v) is 6.65. The van der Waals surface area contributed by atoms with Crippen LogP contribution in [-0.4, -0.2) is 75.1 Å². The standard InChI is InChI=1S/C26H35N5O3/c1-17-13-19-15-23(33-4)24(34-5)16-22(19)25(29-31(17)26(32)27-2)18-7-6-8-21(14-18)28-20-9-11-30(3)12-10-20/h6-8,14-17,20,28H,9-13H2,1-5H3,(H,27,32). The van der Waals surface area contributed by atoms with E-state index in [0.717, 1.165) is 54.0 Å². The van der Waals surface area contributed by atoms with Crippen molar-refractivity contribution in [1.82, 2.24) is 15.2 Å². The molecule has 0 radical (unpaired) electrons. The second kappa shape index (κ2) is 10.3. The second-order valence-corrected chi connectivity index (χ2v) is 9.07. The summed E-state index contributed by atoms with van der Waals surface area (Å²) in [6.07, 6.45) is 2.87. The van der Waals surface area contributed by atoms with Gasteiger partial charge in [0.1, 0.15) is 0 Å². The molecule has 0 aliphatic carbocycles. The third kappa shape index (κ3) is 4.97. The molecular formula is C26H35N5O3. The number of benzene rings is 2. The number of piperidine rings is 1. The van der Waals surface area contributed by atoms with Gasteiger partial charge in [-0.15, -0.1) is 0 Å². The summed E-state index contributed by atoms with van der Waals surface area (Å²) in [5, 5.41) is 12.8. The van der Waals surface area contributed by atoms with Crippen LogP contribution in [0.15, 0.2) is 41.5 Å². The smallest absolute Gasteiger partial charge is 0.337 e. The molecule has 0 bridgehead atoms. The molecule has 8 heteroatoms. The number of nitrogens with zero attached hydrogens (tertiary/aromatic N) is 3. The zero-order chi connectivity index (χ0) is 24.2. The summed E-state index contributed by atoms with van der Waals surface area (Å²) in [6, 6.07) is 12.3. The number of fused-ring (bicyclic) bond motifs is 1. The number of hydrogen-bond acceptors (Lipinski definition) is 6. The van der Waals surface area contributed by atoms with Crippen LogP contribution >= 0.6 is 0 Å². The van der Waals surface area contributed by atoms with Crippen LogP contribution < -0.4 is 20.1 Å². The van der Waals surface area contributed by atoms with E-state index in [0.29, 0.717) is 24.0 Å². The zero-order valence-electron chi connectivity index (χ0n) is 20.7. The van der Waals surface area contributed by atoms with Gasteiger partial charge in [0.15, 0.2) is 11.5 Å². The van der Waals surface area contributed by atoms with Crippen molar-refractivity contribution >= 4 is 17.4 Å². The lowest BCUT2D eigenvalue weighted by Crippen LogP contribution is -2.41. The van der Waals surface area contributed by atoms with E-state index in [1.807, 2.05) is 31.2 Å². The number of rotatable bonds is 5. The molecular weight excluding hydrogens is 430 g/mol. The maximum Gasteiger partial charge on any atom is 0.337 e. The van der Waals surface area contributed by atoms with E-state index >= 15 is 0 Å². The van der Waals surface area contributed by atoms with E-state index in [1.54, 1.807) is 21.3 Å². The highest BCUT2D eigenvalue weighted by molar-refractivity contribution is 6.15. The van der Waals surface area contributed by atoms with Crippen LogP contribution in [0.1, 0.15) is 36.5 Å². The molecule has 2 aromatic rings. The van der Waals surface area contributed by atoms with E-state index in [9.17, 15) is 4.79 Å². The predicted molar refractivity (Wildman–Crippen MR) is 135 cm³/mol. The summed E-state index contributed by atoms with van der Waals surface area (Å²) in [5.74, 6) is 1.30. The molecule has 0 saturated carbocycles. The van der Waals surface area contributed by atoms with Crippen LogP contribution in [0.25, 0.3) is 0 Å². The van der Waals surface area contributed by atoms with Crippen molar-refractivity contribution in [3.05, 3.63) is 53.1 Å². The van der Waals surface area contributed by atoms with E-state index in [4.69, 9.17) is 14.6 Å². The average molecular weight is 466 g/mol. The van der Waals surface area contributed by atoms with Gasteiger partial charge in [-0.25, -0.2) is 9.80 Å². The molecule has 0 aromatic heterocycles. The Labute approximate surface area is 201 Å². The number of ether oxygens (including phenoxy) is 2. The Morgan fingerprint density at radius 3 is 2.47 bits per heavy atom. The molecule has 1 atom stereocenters. The Balaban J connectivity index is 1.77. The van der Waals surface area contributed by atoms with Crippen molar-refractivity contribution in [3.63, 3.8) is 0 Å². The molecule has 4 rings (SSSR count). The van der Waals surface area contributed by atoms with E-state index in [1.165, 1.54) is 5.01 Å². The number of nitrogens with one attached hydrogen (secondary N) is 2. The zero-order valence-corrected chi connectivity index (χ0v) is 20.7. The number of amides is 2. The molecule has 2 amide bonds. The van der Waals surface area contributed by atoms with Crippen molar-refractivity contribution in [2.24, 2.45) is 5.10 Å². The Bertz CT molecular complexity index is 1060. The Morgan fingerprint density at radius 1 is 1.09 bits per heavy atom. The van der Waals surface area contributed by atoms with Gasteiger partial charge >= 0.3 is 6.03 Å². The van der Waals surface area contributed by atoms with E-state index < -0.39 is 0 Å². The van der Waals surface area contributed by atoms with Gasteiger partial charge < -0.3 is 25.0 Å². The summed E-state index contributed by atoms with van der Waals surface area (Å²) in [5.41, 5.74) is 4.72. The minimum absolute atomic E-state index is 0.130. The Kier molecular flexibility index (Phi) is 7.26. The van der Waals surface area contributed by atoms with Crippen LogP contribution in [0.2, 0.25) is 0 Å².